The van der Waals surface area contributed by atoms with Crippen LogP contribution in [0.5, 0.6) is 0 Å². The number of methoxy groups -OCH3 is 1. The van der Waals surface area contributed by atoms with Crippen LogP contribution in [0, 0.1) is 13.8 Å². The van der Waals surface area contributed by atoms with E-state index >= 15 is 0 Å². The van der Waals surface area contributed by atoms with Gasteiger partial charge >= 0.3 is 0 Å². The number of hydrogen-bond donors (Lipinski definition) is 1. The van der Waals surface area contributed by atoms with E-state index in [1.54, 1.807) is 23.3 Å². The maximum absolute atomic E-state index is 12.4. The van der Waals surface area contributed by atoms with E-state index in [4.69, 9.17) is 10.5 Å². The number of nitrogens with zero attached hydrogens (tertiary/aromatic N) is 2. The number of hydrogen-bond acceptors (Lipinski definition) is 5. The Morgan fingerprint density at radius 2 is 1.96 bits per heavy atom. The van der Waals surface area contributed by atoms with Crippen molar-refractivity contribution in [2.45, 2.75) is 32.9 Å². The van der Waals surface area contributed by atoms with Crippen molar-refractivity contribution in [2.75, 3.05) is 20.8 Å². The third-order valence-corrected chi connectivity index (χ3v) is 5.48. The van der Waals surface area contributed by atoms with Gasteiger partial charge in [0.15, 0.2) is 0 Å². The fraction of sp³-hybridized carbons (Fsp3) is 0.444. The Bertz CT molecular complexity index is 697. The number of amides is 1. The SMILES string of the molecule is COCC(N)C(=O)N(C)C(C)c1sc(-c2ccc(C)cc2)nc1C. The number of likely N-dealkylation sites (N-methyl/N-ethyl adjacent to an activating group) is 1. The number of carbonyl (C=O) groups excluding carboxylic acids is 1. The summed E-state index contributed by atoms with van der Waals surface area (Å²) < 4.78 is 4.97. The zero-order valence-corrected chi connectivity index (χ0v) is 15.7. The summed E-state index contributed by atoms with van der Waals surface area (Å²) >= 11 is 1.62. The van der Waals surface area contributed by atoms with Crippen molar-refractivity contribution in [2.24, 2.45) is 5.73 Å². The van der Waals surface area contributed by atoms with Crippen molar-refractivity contribution in [3.63, 3.8) is 0 Å². The van der Waals surface area contributed by atoms with Crippen molar-refractivity contribution in [3.8, 4) is 10.6 Å². The standard InChI is InChI=1S/C18H25N3O2S/c1-11-6-8-14(9-7-11)17-20-12(2)16(24-17)13(3)21(4)18(22)15(19)10-23-5/h6-9,13,15H,10,19H2,1-5H3. The van der Waals surface area contributed by atoms with E-state index in [1.165, 1.54) is 12.7 Å². The molecule has 0 saturated heterocycles. The van der Waals surface area contributed by atoms with Gasteiger partial charge in [0.05, 0.1) is 23.2 Å². The largest absolute Gasteiger partial charge is 0.383 e. The van der Waals surface area contributed by atoms with Crippen LogP contribution in [0.4, 0.5) is 0 Å². The predicted molar refractivity (Wildman–Crippen MR) is 98.1 cm³/mol. The fourth-order valence-corrected chi connectivity index (χ4v) is 3.66. The Kier molecular flexibility index (Phi) is 6.10. The van der Waals surface area contributed by atoms with Gasteiger partial charge in [-0.25, -0.2) is 4.98 Å². The first-order valence-corrected chi connectivity index (χ1v) is 8.72. The summed E-state index contributed by atoms with van der Waals surface area (Å²) in [6.45, 7) is 6.25. The Morgan fingerprint density at radius 1 is 1.33 bits per heavy atom. The minimum absolute atomic E-state index is 0.0860. The van der Waals surface area contributed by atoms with Gasteiger partial charge in [-0.15, -0.1) is 11.3 Å². The number of benzene rings is 1. The minimum Gasteiger partial charge on any atom is -0.383 e. The van der Waals surface area contributed by atoms with Crippen LogP contribution >= 0.6 is 11.3 Å². The van der Waals surface area contributed by atoms with E-state index in [0.717, 1.165) is 21.1 Å². The van der Waals surface area contributed by atoms with Crippen molar-refractivity contribution in [3.05, 3.63) is 40.4 Å². The monoisotopic (exact) mass is 347 g/mol. The van der Waals surface area contributed by atoms with Crippen LogP contribution in [0.1, 0.15) is 29.1 Å². The Balaban J connectivity index is 2.22. The zero-order valence-electron chi connectivity index (χ0n) is 14.9. The highest BCUT2D eigenvalue weighted by Crippen LogP contribution is 2.34. The quantitative estimate of drug-likeness (QED) is 0.872. The highest BCUT2D eigenvalue weighted by Gasteiger charge is 2.25. The molecule has 130 valence electrons. The zero-order chi connectivity index (χ0) is 17.9. The topological polar surface area (TPSA) is 68.5 Å². The van der Waals surface area contributed by atoms with E-state index in [0.29, 0.717) is 0 Å². The van der Waals surface area contributed by atoms with Gasteiger partial charge < -0.3 is 15.4 Å². The minimum atomic E-state index is -0.646. The molecule has 0 bridgehead atoms. The molecule has 0 fully saturated rings. The van der Waals surface area contributed by atoms with Crippen molar-refractivity contribution in [1.29, 1.82) is 0 Å². The Hall–Kier alpha value is -1.76. The first-order chi connectivity index (χ1) is 11.3. The fourth-order valence-electron chi connectivity index (χ4n) is 2.49. The molecular weight excluding hydrogens is 322 g/mol. The van der Waals surface area contributed by atoms with Gasteiger partial charge in [0.2, 0.25) is 5.91 Å². The van der Waals surface area contributed by atoms with E-state index in [-0.39, 0.29) is 18.6 Å². The molecule has 2 N–H and O–H groups in total. The van der Waals surface area contributed by atoms with Gasteiger partial charge in [-0.05, 0) is 20.8 Å². The lowest BCUT2D eigenvalue weighted by atomic mass is 10.1. The summed E-state index contributed by atoms with van der Waals surface area (Å²) in [6.07, 6.45) is 0. The number of aryl methyl sites for hydroxylation is 2. The molecule has 0 aliphatic rings. The molecule has 6 heteroatoms. The predicted octanol–water partition coefficient (Wildman–Crippen LogP) is 2.92. The smallest absolute Gasteiger partial charge is 0.242 e. The van der Waals surface area contributed by atoms with Crippen molar-refractivity contribution < 1.29 is 9.53 Å². The molecule has 1 amide bonds. The van der Waals surface area contributed by atoms with E-state index in [9.17, 15) is 4.79 Å². The molecule has 2 atom stereocenters. The highest BCUT2D eigenvalue weighted by molar-refractivity contribution is 7.15. The van der Waals surface area contributed by atoms with E-state index in [2.05, 4.69) is 36.2 Å². The van der Waals surface area contributed by atoms with Gasteiger partial charge in [-0.1, -0.05) is 29.8 Å². The lowest BCUT2D eigenvalue weighted by molar-refractivity contribution is -0.134. The van der Waals surface area contributed by atoms with Gasteiger partial charge in [0.25, 0.3) is 0 Å². The lowest BCUT2D eigenvalue weighted by Gasteiger charge is -2.27. The summed E-state index contributed by atoms with van der Waals surface area (Å²) in [5, 5.41) is 0.969. The number of aromatic nitrogens is 1. The van der Waals surface area contributed by atoms with Gasteiger partial charge in [-0.2, -0.15) is 0 Å². The maximum atomic E-state index is 12.4. The average Bonchev–Trinajstić information content (AvgIpc) is 2.95. The molecule has 1 aromatic carbocycles. The normalized spacial score (nSPS) is 13.6. The van der Waals surface area contributed by atoms with Crippen LogP contribution < -0.4 is 5.73 Å². The lowest BCUT2D eigenvalue weighted by Crippen LogP contribution is -2.45. The number of ether oxygens (including phenoxy) is 1. The molecule has 1 heterocycles. The summed E-state index contributed by atoms with van der Waals surface area (Å²) in [7, 11) is 3.31. The second-order valence-electron chi connectivity index (χ2n) is 6.02. The maximum Gasteiger partial charge on any atom is 0.242 e. The average molecular weight is 347 g/mol. The summed E-state index contributed by atoms with van der Waals surface area (Å²) in [5.41, 5.74) is 9.13. The summed E-state index contributed by atoms with van der Waals surface area (Å²) in [6, 6.07) is 7.57. The Labute approximate surface area is 147 Å². The molecule has 0 aliphatic heterocycles. The molecule has 0 spiro atoms. The van der Waals surface area contributed by atoms with E-state index in [1.807, 2.05) is 13.8 Å². The highest BCUT2D eigenvalue weighted by atomic mass is 32.1. The first kappa shape index (κ1) is 18.6. The molecule has 24 heavy (non-hydrogen) atoms. The number of carbonyl (C=O) groups is 1. The second kappa shape index (κ2) is 7.88. The molecule has 0 saturated carbocycles. The van der Waals surface area contributed by atoms with Crippen molar-refractivity contribution in [1.82, 2.24) is 9.88 Å². The third kappa shape index (κ3) is 4.01. The third-order valence-electron chi connectivity index (χ3n) is 4.10. The van der Waals surface area contributed by atoms with Crippen LogP contribution in [0.2, 0.25) is 0 Å². The molecule has 2 rings (SSSR count). The number of nitrogens with two attached hydrogens (primary N) is 1. The molecule has 1 aromatic heterocycles. The van der Waals surface area contributed by atoms with Crippen LogP contribution in [-0.4, -0.2) is 42.6 Å². The molecule has 0 radical (unpaired) electrons. The van der Waals surface area contributed by atoms with Crippen molar-refractivity contribution >= 4 is 17.2 Å². The number of thiazole rings is 1. The van der Waals surface area contributed by atoms with Crippen LogP contribution in [0.25, 0.3) is 10.6 Å². The number of rotatable bonds is 6. The van der Waals surface area contributed by atoms with Crippen LogP contribution in [-0.2, 0) is 9.53 Å². The van der Waals surface area contributed by atoms with Crippen LogP contribution in [0.3, 0.4) is 0 Å². The molecule has 5 nitrogen and oxygen atoms in total. The first-order valence-electron chi connectivity index (χ1n) is 7.90. The Morgan fingerprint density at radius 3 is 2.54 bits per heavy atom. The summed E-state index contributed by atoms with van der Waals surface area (Å²) in [4.78, 5) is 19.8. The molecular formula is C18H25N3O2S. The molecule has 2 aromatic rings. The van der Waals surface area contributed by atoms with Gasteiger partial charge in [0.1, 0.15) is 11.0 Å². The van der Waals surface area contributed by atoms with Gasteiger partial charge in [0, 0.05) is 19.7 Å². The van der Waals surface area contributed by atoms with Gasteiger partial charge in [-0.3, -0.25) is 4.79 Å². The molecule has 2 unspecified atom stereocenters. The summed E-state index contributed by atoms with van der Waals surface area (Å²) in [5.74, 6) is -0.131. The van der Waals surface area contributed by atoms with E-state index < -0.39 is 6.04 Å². The van der Waals surface area contributed by atoms with Crippen LogP contribution in [0.15, 0.2) is 24.3 Å². The molecule has 0 aliphatic carbocycles. The second-order valence-corrected chi connectivity index (χ2v) is 7.05.